The highest BCUT2D eigenvalue weighted by molar-refractivity contribution is 6.30. The Kier molecular flexibility index (Phi) is 2.98. The number of aromatic nitrogens is 3. The van der Waals surface area contributed by atoms with E-state index in [0.29, 0.717) is 17.9 Å². The minimum Gasteiger partial charge on any atom is -0.481 e. The molecule has 19 heavy (non-hydrogen) atoms. The molecule has 0 radical (unpaired) electrons. The summed E-state index contributed by atoms with van der Waals surface area (Å²) in [6.07, 6.45) is 4.80. The molecule has 0 saturated heterocycles. The lowest BCUT2D eigenvalue weighted by Crippen LogP contribution is -2.22. The molecule has 5 nitrogen and oxygen atoms in total. The van der Waals surface area contributed by atoms with Gasteiger partial charge in [0.2, 0.25) is 0 Å². The number of nitrogens with zero attached hydrogens (tertiary/aromatic N) is 3. The maximum Gasteiger partial charge on any atom is 0.312 e. The van der Waals surface area contributed by atoms with Crippen LogP contribution in [0.25, 0.3) is 11.4 Å². The van der Waals surface area contributed by atoms with Gasteiger partial charge in [-0.3, -0.25) is 9.78 Å². The summed E-state index contributed by atoms with van der Waals surface area (Å²) in [6, 6.07) is 3.71. The van der Waals surface area contributed by atoms with E-state index in [0.717, 1.165) is 18.5 Å². The molecule has 0 bridgehead atoms. The normalized spacial score (nSPS) is 18.1. The number of imidazole rings is 1. The second-order valence-electron chi connectivity index (χ2n) is 4.54. The van der Waals surface area contributed by atoms with Crippen LogP contribution in [-0.4, -0.2) is 25.6 Å². The highest BCUT2D eigenvalue weighted by Crippen LogP contribution is 2.36. The molecular formula is C13H12ClN3O2. The van der Waals surface area contributed by atoms with E-state index < -0.39 is 11.9 Å². The van der Waals surface area contributed by atoms with Crippen molar-refractivity contribution in [3.63, 3.8) is 0 Å². The molecule has 0 saturated carbocycles. The van der Waals surface area contributed by atoms with E-state index in [4.69, 9.17) is 11.6 Å². The van der Waals surface area contributed by atoms with E-state index in [9.17, 15) is 9.90 Å². The molecule has 1 aliphatic heterocycles. The van der Waals surface area contributed by atoms with Crippen LogP contribution in [0.3, 0.4) is 0 Å². The first kappa shape index (κ1) is 12.2. The smallest absolute Gasteiger partial charge is 0.312 e. The lowest BCUT2D eigenvalue weighted by molar-refractivity contribution is -0.139. The molecule has 6 heteroatoms. The van der Waals surface area contributed by atoms with E-state index >= 15 is 0 Å². The summed E-state index contributed by atoms with van der Waals surface area (Å²) in [5, 5.41) is 9.56. The number of rotatable bonds is 2. The second-order valence-corrected chi connectivity index (χ2v) is 4.90. The van der Waals surface area contributed by atoms with Gasteiger partial charge in [-0.25, -0.2) is 4.98 Å². The van der Waals surface area contributed by atoms with Crippen LogP contribution in [0.4, 0.5) is 0 Å². The fraction of sp³-hybridized carbons (Fsp3) is 0.308. The van der Waals surface area contributed by atoms with Crippen molar-refractivity contribution in [2.24, 2.45) is 0 Å². The molecule has 1 atom stereocenters. The van der Waals surface area contributed by atoms with E-state index in [2.05, 4.69) is 9.97 Å². The van der Waals surface area contributed by atoms with Gasteiger partial charge >= 0.3 is 5.97 Å². The summed E-state index contributed by atoms with van der Waals surface area (Å²) < 4.78 is 1.90. The Morgan fingerprint density at radius 1 is 1.53 bits per heavy atom. The molecule has 0 aromatic carbocycles. The summed E-state index contributed by atoms with van der Waals surface area (Å²) in [5.41, 5.74) is 1.46. The zero-order valence-electron chi connectivity index (χ0n) is 10.1. The molecule has 3 heterocycles. The van der Waals surface area contributed by atoms with Crippen LogP contribution < -0.4 is 0 Å². The number of hydrogen-bond acceptors (Lipinski definition) is 3. The lowest BCUT2D eigenvalue weighted by atomic mass is 9.96. The van der Waals surface area contributed by atoms with Crippen molar-refractivity contribution in [1.29, 1.82) is 0 Å². The zero-order chi connectivity index (χ0) is 13.4. The third-order valence-corrected chi connectivity index (χ3v) is 3.66. The van der Waals surface area contributed by atoms with Gasteiger partial charge in [0.15, 0.2) is 5.15 Å². The Bertz CT molecular complexity index is 624. The van der Waals surface area contributed by atoms with Crippen LogP contribution in [0.2, 0.25) is 5.15 Å². The van der Waals surface area contributed by atoms with Crippen LogP contribution in [-0.2, 0) is 11.3 Å². The Morgan fingerprint density at radius 3 is 3.05 bits per heavy atom. The van der Waals surface area contributed by atoms with Crippen LogP contribution in [0.1, 0.15) is 24.5 Å². The van der Waals surface area contributed by atoms with Crippen molar-refractivity contribution in [2.45, 2.75) is 25.3 Å². The van der Waals surface area contributed by atoms with Crippen molar-refractivity contribution in [1.82, 2.24) is 14.5 Å². The summed E-state index contributed by atoms with van der Waals surface area (Å²) in [7, 11) is 0. The first-order valence-electron chi connectivity index (χ1n) is 6.07. The van der Waals surface area contributed by atoms with Gasteiger partial charge in [-0.1, -0.05) is 11.6 Å². The first-order valence-corrected chi connectivity index (χ1v) is 6.45. The molecule has 0 fully saturated rings. The molecule has 1 aliphatic rings. The number of pyridine rings is 1. The van der Waals surface area contributed by atoms with Crippen LogP contribution in [0.5, 0.6) is 0 Å². The number of aliphatic carboxylic acids is 1. The van der Waals surface area contributed by atoms with Crippen molar-refractivity contribution >= 4 is 17.6 Å². The number of fused-ring (bicyclic) bond motifs is 1. The van der Waals surface area contributed by atoms with Gasteiger partial charge in [0.05, 0.1) is 5.69 Å². The average Bonchev–Trinajstić information content (AvgIpc) is 2.77. The highest BCUT2D eigenvalue weighted by Gasteiger charge is 2.32. The summed E-state index contributed by atoms with van der Waals surface area (Å²) in [6.45, 7) is 0.739. The maximum atomic E-state index is 11.3. The van der Waals surface area contributed by atoms with Crippen LogP contribution in [0.15, 0.2) is 24.5 Å². The molecule has 0 aliphatic carbocycles. The molecule has 0 amide bonds. The summed E-state index contributed by atoms with van der Waals surface area (Å²) in [5.74, 6) is -0.723. The molecule has 3 rings (SSSR count). The van der Waals surface area contributed by atoms with E-state index in [1.165, 1.54) is 0 Å². The number of carboxylic acid groups (broad SMARTS) is 1. The molecule has 0 spiro atoms. The van der Waals surface area contributed by atoms with Crippen molar-refractivity contribution in [2.75, 3.05) is 0 Å². The Hall–Kier alpha value is -1.88. The third kappa shape index (κ3) is 2.00. The predicted molar refractivity (Wildman–Crippen MR) is 70.1 cm³/mol. The minimum atomic E-state index is -0.847. The fourth-order valence-corrected chi connectivity index (χ4v) is 2.85. The van der Waals surface area contributed by atoms with E-state index in [1.54, 1.807) is 12.4 Å². The quantitative estimate of drug-likeness (QED) is 0.916. The standard InChI is InChI=1S/C13H12ClN3O2/c14-11-10-9(13(18)19)4-2-6-17(10)12(16-11)8-3-1-5-15-7-8/h1,3,5,7,9H,2,4,6H2,(H,18,19). The van der Waals surface area contributed by atoms with Gasteiger partial charge in [0, 0.05) is 24.5 Å². The van der Waals surface area contributed by atoms with Gasteiger partial charge in [-0.05, 0) is 25.0 Å². The molecule has 2 aromatic rings. The minimum absolute atomic E-state index is 0.283. The summed E-state index contributed by atoms with van der Waals surface area (Å²) >= 11 is 6.14. The Labute approximate surface area is 114 Å². The predicted octanol–water partition coefficient (Wildman–Crippen LogP) is 2.56. The number of hydrogen-bond donors (Lipinski definition) is 1. The van der Waals surface area contributed by atoms with Crippen LogP contribution in [0, 0.1) is 0 Å². The van der Waals surface area contributed by atoms with E-state index in [-0.39, 0.29) is 5.15 Å². The van der Waals surface area contributed by atoms with Crippen molar-refractivity contribution in [3.8, 4) is 11.4 Å². The first-order chi connectivity index (χ1) is 9.18. The lowest BCUT2D eigenvalue weighted by Gasteiger charge is -2.22. The summed E-state index contributed by atoms with van der Waals surface area (Å²) in [4.78, 5) is 19.7. The third-order valence-electron chi connectivity index (χ3n) is 3.38. The molecule has 1 unspecified atom stereocenters. The Morgan fingerprint density at radius 2 is 2.37 bits per heavy atom. The van der Waals surface area contributed by atoms with Crippen LogP contribution >= 0.6 is 11.6 Å². The Balaban J connectivity index is 2.15. The van der Waals surface area contributed by atoms with Crippen molar-refractivity contribution in [3.05, 3.63) is 35.4 Å². The van der Waals surface area contributed by atoms with Crippen molar-refractivity contribution < 1.29 is 9.90 Å². The van der Waals surface area contributed by atoms with Gasteiger partial charge in [0.25, 0.3) is 0 Å². The van der Waals surface area contributed by atoms with Gasteiger partial charge < -0.3 is 9.67 Å². The number of carboxylic acids is 1. The zero-order valence-corrected chi connectivity index (χ0v) is 10.8. The van der Waals surface area contributed by atoms with E-state index in [1.807, 2.05) is 16.7 Å². The fourth-order valence-electron chi connectivity index (χ4n) is 2.54. The average molecular weight is 278 g/mol. The maximum absolute atomic E-state index is 11.3. The van der Waals surface area contributed by atoms with Gasteiger partial charge in [-0.2, -0.15) is 0 Å². The molecule has 98 valence electrons. The molecule has 1 N–H and O–H groups in total. The molecular weight excluding hydrogens is 266 g/mol. The molecule has 2 aromatic heterocycles. The number of halogens is 1. The second kappa shape index (κ2) is 4.66. The van der Waals surface area contributed by atoms with Gasteiger partial charge in [0.1, 0.15) is 11.7 Å². The largest absolute Gasteiger partial charge is 0.481 e. The SMILES string of the molecule is O=C(O)C1CCCn2c(-c3cccnc3)nc(Cl)c21. The number of carbonyl (C=O) groups is 1. The monoisotopic (exact) mass is 277 g/mol. The highest BCUT2D eigenvalue weighted by atomic mass is 35.5. The van der Waals surface area contributed by atoms with Gasteiger partial charge in [-0.15, -0.1) is 0 Å². The topological polar surface area (TPSA) is 68.0 Å².